The van der Waals surface area contributed by atoms with E-state index in [9.17, 15) is 4.79 Å². The molecule has 0 saturated heterocycles. The smallest absolute Gasteiger partial charge is 0.192 e. The van der Waals surface area contributed by atoms with Gasteiger partial charge in [-0.3, -0.25) is 9.36 Å². The van der Waals surface area contributed by atoms with Gasteiger partial charge in [-0.1, -0.05) is 72.4 Å². The number of benzene rings is 2. The normalized spacial score (nSPS) is 14.8. The lowest BCUT2D eigenvalue weighted by Crippen LogP contribution is -2.15. The molecule has 2 aromatic carbocycles. The molecule has 5 rings (SSSR count). The number of halogens is 2. The fourth-order valence-corrected chi connectivity index (χ4v) is 5.79. The molecular weight excluding hydrogens is 463 g/mol. The highest BCUT2D eigenvalue weighted by atomic mass is 35.5. The molecule has 164 valence electrons. The third-order valence-electron chi connectivity index (χ3n) is 6.00. The number of aromatic amines is 1. The van der Waals surface area contributed by atoms with Crippen molar-refractivity contribution in [2.24, 2.45) is 0 Å². The maximum absolute atomic E-state index is 13.0. The van der Waals surface area contributed by atoms with Crippen LogP contribution in [0.3, 0.4) is 0 Å². The number of H-pyrrole nitrogens is 1. The van der Waals surface area contributed by atoms with Crippen LogP contribution in [0.25, 0.3) is 22.3 Å². The predicted octanol–water partition coefficient (Wildman–Crippen LogP) is 7.21. The molecule has 1 aliphatic carbocycles. The lowest BCUT2D eigenvalue weighted by molar-refractivity contribution is 0.102. The van der Waals surface area contributed by atoms with Crippen molar-refractivity contribution in [1.82, 2.24) is 19.7 Å². The Hall–Kier alpha value is -2.28. The number of ketones is 1. The van der Waals surface area contributed by atoms with Gasteiger partial charge in [-0.05, 0) is 37.1 Å². The summed E-state index contributed by atoms with van der Waals surface area (Å²) < 4.78 is 2.18. The number of thioether (sulfide) groups is 1. The second-order valence-electron chi connectivity index (χ2n) is 8.05. The van der Waals surface area contributed by atoms with Crippen LogP contribution in [0.4, 0.5) is 0 Å². The van der Waals surface area contributed by atoms with Gasteiger partial charge in [0.1, 0.15) is 0 Å². The minimum Gasteiger partial charge on any atom is -0.360 e. The third-order valence-corrected chi connectivity index (χ3v) is 7.49. The molecule has 8 heteroatoms. The number of hydrogen-bond donors (Lipinski definition) is 1. The lowest BCUT2D eigenvalue weighted by atomic mass is 9.95. The van der Waals surface area contributed by atoms with Gasteiger partial charge in [0.15, 0.2) is 16.8 Å². The number of hydrogen-bond acceptors (Lipinski definition) is 4. The van der Waals surface area contributed by atoms with Crippen LogP contribution in [0.5, 0.6) is 0 Å². The zero-order valence-electron chi connectivity index (χ0n) is 17.4. The predicted molar refractivity (Wildman–Crippen MR) is 131 cm³/mol. The molecule has 2 aromatic heterocycles. The summed E-state index contributed by atoms with van der Waals surface area (Å²) in [4.78, 5) is 16.2. The summed E-state index contributed by atoms with van der Waals surface area (Å²) in [7, 11) is 0. The van der Waals surface area contributed by atoms with E-state index < -0.39 is 0 Å². The second-order valence-corrected chi connectivity index (χ2v) is 9.84. The molecule has 32 heavy (non-hydrogen) atoms. The van der Waals surface area contributed by atoms with Gasteiger partial charge in [0.05, 0.1) is 10.8 Å². The maximum atomic E-state index is 13.0. The number of fused-ring (bicyclic) bond motifs is 1. The highest BCUT2D eigenvalue weighted by molar-refractivity contribution is 7.99. The molecule has 0 aliphatic heterocycles. The number of nitrogens with one attached hydrogen (secondary N) is 1. The molecule has 0 spiro atoms. The molecule has 5 nitrogen and oxygen atoms in total. The monoisotopic (exact) mass is 484 g/mol. The standard InChI is InChI=1S/C24H22Cl2N4OS/c25-15-10-11-18(20(26)12-15)23-28-29-24(30(23)16-6-2-1-3-7-16)32-14-22(31)19-13-27-21-9-5-4-8-17(19)21/h4-5,8-13,16,27H,1-3,6-7,14H2. The van der Waals surface area contributed by atoms with E-state index in [1.807, 2.05) is 36.4 Å². The van der Waals surface area contributed by atoms with Gasteiger partial charge in [-0.25, -0.2) is 0 Å². The summed E-state index contributed by atoms with van der Waals surface area (Å²) in [5.41, 5.74) is 2.48. The molecule has 1 fully saturated rings. The SMILES string of the molecule is O=C(CSc1nnc(-c2ccc(Cl)cc2Cl)n1C1CCCCC1)c1c[nH]c2ccccc12. The Labute approximate surface area is 200 Å². The third kappa shape index (κ3) is 4.19. The van der Waals surface area contributed by atoms with Gasteiger partial charge in [0.2, 0.25) is 0 Å². The molecule has 0 radical (unpaired) electrons. The topological polar surface area (TPSA) is 63.6 Å². The van der Waals surface area contributed by atoms with Crippen molar-refractivity contribution in [3.05, 3.63) is 64.3 Å². The van der Waals surface area contributed by atoms with Crippen LogP contribution >= 0.6 is 35.0 Å². The van der Waals surface area contributed by atoms with E-state index in [1.165, 1.54) is 31.0 Å². The van der Waals surface area contributed by atoms with Crippen molar-refractivity contribution in [1.29, 1.82) is 0 Å². The molecule has 0 amide bonds. The van der Waals surface area contributed by atoms with E-state index in [0.29, 0.717) is 27.4 Å². The van der Waals surface area contributed by atoms with E-state index >= 15 is 0 Å². The summed E-state index contributed by atoms with van der Waals surface area (Å²) in [6.07, 6.45) is 7.53. The van der Waals surface area contributed by atoms with Gasteiger partial charge >= 0.3 is 0 Å². The van der Waals surface area contributed by atoms with Crippen molar-refractivity contribution < 1.29 is 4.79 Å². The molecule has 2 heterocycles. The Bertz CT molecular complexity index is 1280. The highest BCUT2D eigenvalue weighted by Crippen LogP contribution is 2.38. The number of Topliss-reactive ketones (excluding diaryl/α,β-unsaturated/α-hetero) is 1. The molecule has 4 aromatic rings. The molecule has 1 N–H and O–H groups in total. The van der Waals surface area contributed by atoms with Gasteiger partial charge in [0.25, 0.3) is 0 Å². The van der Waals surface area contributed by atoms with Crippen LogP contribution in [0, 0.1) is 0 Å². The lowest BCUT2D eigenvalue weighted by Gasteiger charge is -2.25. The van der Waals surface area contributed by atoms with E-state index in [1.54, 1.807) is 12.3 Å². The Kier molecular flexibility index (Phi) is 6.26. The average Bonchev–Trinajstić information content (AvgIpc) is 3.42. The second kappa shape index (κ2) is 9.30. The molecule has 1 saturated carbocycles. The summed E-state index contributed by atoms with van der Waals surface area (Å²) in [6, 6.07) is 13.6. The molecular formula is C24H22Cl2N4OS. The minimum absolute atomic E-state index is 0.0664. The first-order valence-electron chi connectivity index (χ1n) is 10.7. The number of rotatable bonds is 6. The first kappa shape index (κ1) is 21.6. The molecule has 0 atom stereocenters. The van der Waals surface area contributed by atoms with Crippen LogP contribution in [-0.4, -0.2) is 31.3 Å². The van der Waals surface area contributed by atoms with Crippen molar-refractivity contribution >= 4 is 51.6 Å². The maximum Gasteiger partial charge on any atom is 0.192 e. The van der Waals surface area contributed by atoms with Gasteiger partial charge in [-0.2, -0.15) is 0 Å². The van der Waals surface area contributed by atoms with E-state index in [-0.39, 0.29) is 5.78 Å². The Morgan fingerprint density at radius 1 is 1.09 bits per heavy atom. The quantitative estimate of drug-likeness (QED) is 0.231. The Morgan fingerprint density at radius 2 is 1.91 bits per heavy atom. The number of carbonyl (C=O) groups is 1. The fourth-order valence-electron chi connectivity index (χ4n) is 4.41. The highest BCUT2D eigenvalue weighted by Gasteiger charge is 2.25. The van der Waals surface area contributed by atoms with Crippen LogP contribution in [0.2, 0.25) is 10.0 Å². The molecule has 1 aliphatic rings. The number of nitrogens with zero attached hydrogens (tertiary/aromatic N) is 3. The van der Waals surface area contributed by atoms with Crippen molar-refractivity contribution in [2.45, 2.75) is 43.3 Å². The van der Waals surface area contributed by atoms with Crippen LogP contribution < -0.4 is 0 Å². The van der Waals surface area contributed by atoms with Gasteiger partial charge in [-0.15, -0.1) is 10.2 Å². The fraction of sp³-hybridized carbons (Fsp3) is 0.292. The van der Waals surface area contributed by atoms with E-state index in [4.69, 9.17) is 23.2 Å². The summed E-state index contributed by atoms with van der Waals surface area (Å²) >= 11 is 14.0. The number of carbonyl (C=O) groups excluding carboxylic acids is 1. The largest absolute Gasteiger partial charge is 0.360 e. The first-order chi connectivity index (χ1) is 15.6. The number of para-hydroxylation sites is 1. The summed E-state index contributed by atoms with van der Waals surface area (Å²) in [5, 5.41) is 11.8. The van der Waals surface area contributed by atoms with Gasteiger partial charge in [0, 0.05) is 39.3 Å². The van der Waals surface area contributed by atoms with Gasteiger partial charge < -0.3 is 4.98 Å². The summed E-state index contributed by atoms with van der Waals surface area (Å²) in [6.45, 7) is 0. The average molecular weight is 485 g/mol. The number of aromatic nitrogens is 4. The van der Waals surface area contributed by atoms with Crippen LogP contribution in [0.15, 0.2) is 53.8 Å². The molecule has 0 bridgehead atoms. The zero-order chi connectivity index (χ0) is 22.1. The zero-order valence-corrected chi connectivity index (χ0v) is 19.7. The van der Waals surface area contributed by atoms with Crippen molar-refractivity contribution in [3.8, 4) is 11.4 Å². The van der Waals surface area contributed by atoms with E-state index in [2.05, 4.69) is 19.7 Å². The van der Waals surface area contributed by atoms with Crippen molar-refractivity contribution in [2.75, 3.05) is 5.75 Å². The van der Waals surface area contributed by atoms with E-state index in [0.717, 1.165) is 40.3 Å². The minimum atomic E-state index is 0.0664. The summed E-state index contributed by atoms with van der Waals surface area (Å²) in [5.74, 6) is 1.10. The van der Waals surface area contributed by atoms with Crippen molar-refractivity contribution in [3.63, 3.8) is 0 Å². The Balaban J connectivity index is 1.45. The van der Waals surface area contributed by atoms with Crippen LogP contribution in [-0.2, 0) is 0 Å². The van der Waals surface area contributed by atoms with Crippen LogP contribution in [0.1, 0.15) is 48.5 Å². The Morgan fingerprint density at radius 3 is 2.72 bits per heavy atom. The molecule has 0 unspecified atom stereocenters. The first-order valence-corrected chi connectivity index (χ1v) is 12.5.